The summed E-state index contributed by atoms with van der Waals surface area (Å²) in [7, 11) is 0. The monoisotopic (exact) mass is 320 g/mol. The molecule has 0 radical (unpaired) electrons. The van der Waals surface area contributed by atoms with Gasteiger partial charge in [-0.05, 0) is 64.2 Å². The smallest absolute Gasteiger partial charge is 0.412 e. The minimum atomic E-state index is -0.486. The van der Waals surface area contributed by atoms with E-state index in [2.05, 4.69) is 31.4 Å². The lowest BCUT2D eigenvalue weighted by molar-refractivity contribution is 0.0636. The predicted octanol–water partition coefficient (Wildman–Crippen LogP) is 4.95. The van der Waals surface area contributed by atoms with Gasteiger partial charge in [-0.3, -0.25) is 5.32 Å². The highest BCUT2D eigenvalue weighted by atomic mass is 16.6. The zero-order valence-corrected chi connectivity index (χ0v) is 15.4. The van der Waals surface area contributed by atoms with Crippen LogP contribution in [0.2, 0.25) is 0 Å². The Balaban J connectivity index is 2.40. The van der Waals surface area contributed by atoms with Crippen molar-refractivity contribution in [3.63, 3.8) is 0 Å². The molecular formula is C19H32N2O2. The molecule has 0 bridgehead atoms. The number of rotatable bonds is 7. The molecule has 1 rings (SSSR count). The molecule has 0 fully saturated rings. The zero-order valence-electron chi connectivity index (χ0n) is 15.4. The highest BCUT2D eigenvalue weighted by molar-refractivity contribution is 5.84. The van der Waals surface area contributed by atoms with E-state index in [1.165, 1.54) is 18.4 Å². The van der Waals surface area contributed by atoms with E-state index in [0.717, 1.165) is 18.2 Å². The molecule has 1 atom stereocenters. The third-order valence-electron chi connectivity index (χ3n) is 3.43. The number of anilines is 1. The van der Waals surface area contributed by atoms with Gasteiger partial charge in [0.05, 0.1) is 0 Å². The molecule has 1 unspecified atom stereocenters. The Hall–Kier alpha value is -1.55. The van der Waals surface area contributed by atoms with Crippen LogP contribution in [-0.2, 0) is 11.3 Å². The van der Waals surface area contributed by atoms with Gasteiger partial charge in [0.25, 0.3) is 0 Å². The van der Waals surface area contributed by atoms with Gasteiger partial charge >= 0.3 is 6.09 Å². The molecule has 4 nitrogen and oxygen atoms in total. The van der Waals surface area contributed by atoms with Crippen LogP contribution >= 0.6 is 0 Å². The summed E-state index contributed by atoms with van der Waals surface area (Å²) in [5, 5.41) is 6.28. The van der Waals surface area contributed by atoms with Crippen molar-refractivity contribution in [2.24, 2.45) is 5.92 Å². The summed E-state index contributed by atoms with van der Waals surface area (Å²) < 4.78 is 5.23. The minimum absolute atomic E-state index is 0.425. The average Bonchev–Trinajstić information content (AvgIpc) is 2.42. The van der Waals surface area contributed by atoms with Gasteiger partial charge in [0.1, 0.15) is 5.60 Å². The van der Waals surface area contributed by atoms with Gasteiger partial charge < -0.3 is 10.1 Å². The normalized spacial score (nSPS) is 13.0. The van der Waals surface area contributed by atoms with Gasteiger partial charge in [-0.25, -0.2) is 4.79 Å². The van der Waals surface area contributed by atoms with E-state index in [4.69, 9.17) is 4.74 Å². The quantitative estimate of drug-likeness (QED) is 0.747. The standard InChI is InChI=1S/C19H32N2O2/c1-14(2)7-8-15(3)20-13-16-9-11-17(12-10-16)21-18(22)23-19(4,5)6/h9-12,14-15,20H,7-8,13H2,1-6H3,(H,21,22). The number of carbonyl (C=O) groups excluding carboxylic acids is 1. The fourth-order valence-corrected chi connectivity index (χ4v) is 2.10. The van der Waals surface area contributed by atoms with Gasteiger partial charge in [0.2, 0.25) is 0 Å². The number of nitrogens with one attached hydrogen (secondary N) is 2. The van der Waals surface area contributed by atoms with Crippen LogP contribution < -0.4 is 10.6 Å². The minimum Gasteiger partial charge on any atom is -0.444 e. The van der Waals surface area contributed by atoms with Crippen molar-refractivity contribution in [2.45, 2.75) is 72.6 Å². The summed E-state index contributed by atoms with van der Waals surface area (Å²) in [5.74, 6) is 0.748. The van der Waals surface area contributed by atoms with Crippen molar-refractivity contribution in [3.05, 3.63) is 29.8 Å². The lowest BCUT2D eigenvalue weighted by atomic mass is 10.0. The van der Waals surface area contributed by atoms with E-state index in [1.807, 2.05) is 45.0 Å². The molecule has 4 heteroatoms. The second-order valence-corrected chi connectivity index (χ2v) is 7.58. The first-order valence-electron chi connectivity index (χ1n) is 8.48. The summed E-state index contributed by atoms with van der Waals surface area (Å²) in [4.78, 5) is 11.7. The summed E-state index contributed by atoms with van der Waals surface area (Å²) in [6.07, 6.45) is 2.01. The summed E-state index contributed by atoms with van der Waals surface area (Å²) in [5.41, 5.74) is 1.46. The number of hydrogen-bond acceptors (Lipinski definition) is 3. The maximum absolute atomic E-state index is 11.7. The van der Waals surface area contributed by atoms with E-state index in [9.17, 15) is 4.79 Å². The molecule has 1 aromatic rings. The topological polar surface area (TPSA) is 50.4 Å². The van der Waals surface area contributed by atoms with Crippen molar-refractivity contribution < 1.29 is 9.53 Å². The number of hydrogen-bond donors (Lipinski definition) is 2. The Morgan fingerprint density at radius 3 is 2.22 bits per heavy atom. The Bertz CT molecular complexity index is 475. The maximum atomic E-state index is 11.7. The molecule has 0 saturated carbocycles. The van der Waals surface area contributed by atoms with Crippen LogP contribution in [0, 0.1) is 5.92 Å². The summed E-state index contributed by atoms with van der Waals surface area (Å²) in [6, 6.07) is 8.36. The second kappa shape index (κ2) is 8.92. The SMILES string of the molecule is CC(C)CCC(C)NCc1ccc(NC(=O)OC(C)(C)C)cc1. The molecule has 0 aliphatic heterocycles. The summed E-state index contributed by atoms with van der Waals surface area (Å²) >= 11 is 0. The van der Waals surface area contributed by atoms with Crippen LogP contribution in [0.3, 0.4) is 0 Å². The third kappa shape index (κ3) is 9.24. The first-order chi connectivity index (χ1) is 10.7. The molecule has 0 spiro atoms. The Morgan fingerprint density at radius 1 is 1.09 bits per heavy atom. The first kappa shape index (κ1) is 19.5. The highest BCUT2D eigenvalue weighted by Crippen LogP contribution is 2.13. The highest BCUT2D eigenvalue weighted by Gasteiger charge is 2.16. The van der Waals surface area contributed by atoms with Gasteiger partial charge in [0, 0.05) is 18.3 Å². The number of ether oxygens (including phenoxy) is 1. The maximum Gasteiger partial charge on any atom is 0.412 e. The van der Waals surface area contributed by atoms with Crippen molar-refractivity contribution in [1.29, 1.82) is 0 Å². The summed E-state index contributed by atoms with van der Waals surface area (Å²) in [6.45, 7) is 13.1. The van der Waals surface area contributed by atoms with Crippen LogP contribution in [0.1, 0.15) is 59.9 Å². The van der Waals surface area contributed by atoms with Crippen molar-refractivity contribution >= 4 is 11.8 Å². The molecule has 0 saturated heterocycles. The second-order valence-electron chi connectivity index (χ2n) is 7.58. The molecular weight excluding hydrogens is 288 g/mol. The first-order valence-corrected chi connectivity index (χ1v) is 8.48. The largest absolute Gasteiger partial charge is 0.444 e. The van der Waals surface area contributed by atoms with Crippen molar-refractivity contribution in [2.75, 3.05) is 5.32 Å². The third-order valence-corrected chi connectivity index (χ3v) is 3.43. The Kier molecular flexibility index (Phi) is 7.56. The van der Waals surface area contributed by atoms with Crippen LogP contribution in [-0.4, -0.2) is 17.7 Å². The molecule has 2 N–H and O–H groups in total. The van der Waals surface area contributed by atoms with Crippen LogP contribution in [0.15, 0.2) is 24.3 Å². The average molecular weight is 320 g/mol. The van der Waals surface area contributed by atoms with Gasteiger partial charge in [0.15, 0.2) is 0 Å². The fraction of sp³-hybridized carbons (Fsp3) is 0.632. The van der Waals surface area contributed by atoms with E-state index >= 15 is 0 Å². The number of amides is 1. The molecule has 0 aliphatic rings. The van der Waals surface area contributed by atoms with E-state index in [1.54, 1.807) is 0 Å². The molecule has 0 heterocycles. The Morgan fingerprint density at radius 2 is 1.70 bits per heavy atom. The number of benzene rings is 1. The fourth-order valence-electron chi connectivity index (χ4n) is 2.10. The lowest BCUT2D eigenvalue weighted by Gasteiger charge is -2.19. The van der Waals surface area contributed by atoms with Crippen LogP contribution in [0.4, 0.5) is 10.5 Å². The molecule has 1 amide bonds. The van der Waals surface area contributed by atoms with E-state index in [0.29, 0.717) is 6.04 Å². The van der Waals surface area contributed by atoms with Crippen LogP contribution in [0.5, 0.6) is 0 Å². The van der Waals surface area contributed by atoms with Crippen molar-refractivity contribution in [1.82, 2.24) is 5.32 Å². The van der Waals surface area contributed by atoms with Crippen LogP contribution in [0.25, 0.3) is 0 Å². The molecule has 130 valence electrons. The van der Waals surface area contributed by atoms with E-state index < -0.39 is 11.7 Å². The lowest BCUT2D eigenvalue weighted by Crippen LogP contribution is -2.27. The zero-order chi connectivity index (χ0) is 17.5. The van der Waals surface area contributed by atoms with Gasteiger partial charge in [-0.2, -0.15) is 0 Å². The predicted molar refractivity (Wildman–Crippen MR) is 96.7 cm³/mol. The molecule has 0 aromatic heterocycles. The van der Waals surface area contributed by atoms with E-state index in [-0.39, 0.29) is 0 Å². The van der Waals surface area contributed by atoms with Crippen molar-refractivity contribution in [3.8, 4) is 0 Å². The van der Waals surface area contributed by atoms with Gasteiger partial charge in [-0.15, -0.1) is 0 Å². The molecule has 0 aliphatic carbocycles. The molecule has 1 aromatic carbocycles. The Labute approximate surface area is 141 Å². The number of carbonyl (C=O) groups is 1. The van der Waals surface area contributed by atoms with Gasteiger partial charge in [-0.1, -0.05) is 26.0 Å². The molecule has 23 heavy (non-hydrogen) atoms.